The second-order valence-corrected chi connectivity index (χ2v) is 4.82. The van der Waals surface area contributed by atoms with Crippen LogP contribution in [0.5, 0.6) is 0 Å². The molecule has 21 heavy (non-hydrogen) atoms. The van der Waals surface area contributed by atoms with E-state index in [9.17, 15) is 14.8 Å². The Kier molecular flexibility index (Phi) is 5.03. The summed E-state index contributed by atoms with van der Waals surface area (Å²) in [5, 5.41) is 23.7. The number of hydrogen-bond acceptors (Lipinski definition) is 4. The van der Waals surface area contributed by atoms with E-state index in [1.54, 1.807) is 18.2 Å². The number of anilines is 2. The van der Waals surface area contributed by atoms with Gasteiger partial charge in [-0.3, -0.25) is 0 Å². The molecule has 0 fully saturated rings. The molecular formula is C12H10BCl2N3O3. The van der Waals surface area contributed by atoms with Crippen molar-refractivity contribution >= 4 is 53.2 Å². The molecule has 1 heterocycles. The summed E-state index contributed by atoms with van der Waals surface area (Å²) in [6, 6.07) is 8.59. The Bertz CT molecular complexity index is 650. The summed E-state index contributed by atoms with van der Waals surface area (Å²) >= 11 is 11.5. The van der Waals surface area contributed by atoms with Crippen LogP contribution in [0.3, 0.4) is 0 Å². The minimum atomic E-state index is -1.69. The van der Waals surface area contributed by atoms with Crippen molar-refractivity contribution < 1.29 is 14.8 Å². The second-order valence-electron chi connectivity index (χ2n) is 4.04. The van der Waals surface area contributed by atoms with E-state index in [4.69, 9.17) is 23.2 Å². The van der Waals surface area contributed by atoms with Gasteiger partial charge in [0.1, 0.15) is 10.3 Å². The summed E-state index contributed by atoms with van der Waals surface area (Å²) in [6.07, 6.45) is 0. The predicted octanol–water partition coefficient (Wildman–Crippen LogP) is 1.71. The van der Waals surface area contributed by atoms with Gasteiger partial charge in [0, 0.05) is 16.8 Å². The van der Waals surface area contributed by atoms with E-state index < -0.39 is 13.1 Å². The number of para-hydroxylation sites is 1. The highest BCUT2D eigenvalue weighted by molar-refractivity contribution is 6.60. The van der Waals surface area contributed by atoms with E-state index in [-0.39, 0.29) is 21.5 Å². The third-order valence-electron chi connectivity index (χ3n) is 2.51. The molecule has 4 N–H and O–H groups in total. The number of nitrogens with one attached hydrogen (secondary N) is 2. The van der Waals surface area contributed by atoms with Gasteiger partial charge >= 0.3 is 13.1 Å². The molecule has 2 amide bonds. The topological polar surface area (TPSA) is 94.5 Å². The lowest BCUT2D eigenvalue weighted by Crippen LogP contribution is -2.34. The maximum atomic E-state index is 11.9. The number of amides is 2. The number of nitrogens with zero attached hydrogens (tertiary/aromatic N) is 1. The average molecular weight is 326 g/mol. The average Bonchev–Trinajstić information content (AvgIpc) is 2.37. The first kappa shape index (κ1) is 15.6. The van der Waals surface area contributed by atoms with E-state index in [1.807, 2.05) is 0 Å². The first-order valence-electron chi connectivity index (χ1n) is 5.82. The molecular weight excluding hydrogens is 316 g/mol. The summed E-state index contributed by atoms with van der Waals surface area (Å²) in [7, 11) is -1.69. The Morgan fingerprint density at radius 3 is 2.33 bits per heavy atom. The van der Waals surface area contributed by atoms with Gasteiger partial charge in [-0.1, -0.05) is 41.4 Å². The number of carbonyl (C=O) groups excluding carboxylic acids is 1. The SMILES string of the molecule is O=C(Nc1cc(Cl)nc(Cl)c1)Nc1ccccc1B(O)O. The monoisotopic (exact) mass is 325 g/mol. The lowest BCUT2D eigenvalue weighted by atomic mass is 9.79. The highest BCUT2D eigenvalue weighted by atomic mass is 35.5. The van der Waals surface area contributed by atoms with Gasteiger partial charge in [-0.25, -0.2) is 9.78 Å². The standard InChI is InChI=1S/C12H10BCl2N3O3/c14-10-5-7(6-11(15)18-10)16-12(19)17-9-4-2-1-3-8(9)13(20)21/h1-6,20-21H,(H2,16,17,18,19). The Hall–Kier alpha value is -1.80. The molecule has 108 valence electrons. The zero-order valence-electron chi connectivity index (χ0n) is 10.5. The summed E-state index contributed by atoms with van der Waals surface area (Å²) in [6.45, 7) is 0. The summed E-state index contributed by atoms with van der Waals surface area (Å²) in [5.74, 6) is 0. The molecule has 9 heteroatoms. The maximum absolute atomic E-state index is 11.9. The molecule has 0 aliphatic heterocycles. The third-order valence-corrected chi connectivity index (χ3v) is 2.90. The van der Waals surface area contributed by atoms with Gasteiger partial charge in [0.05, 0.1) is 0 Å². The first-order valence-corrected chi connectivity index (χ1v) is 6.57. The molecule has 0 spiro atoms. The van der Waals surface area contributed by atoms with Gasteiger partial charge in [-0.05, 0) is 18.2 Å². The van der Waals surface area contributed by atoms with Crippen LogP contribution in [0.1, 0.15) is 0 Å². The van der Waals surface area contributed by atoms with Gasteiger partial charge in [0.2, 0.25) is 0 Å². The van der Waals surface area contributed by atoms with Crippen molar-refractivity contribution in [3.63, 3.8) is 0 Å². The van der Waals surface area contributed by atoms with Crippen LogP contribution in [-0.4, -0.2) is 28.2 Å². The number of benzene rings is 1. The van der Waals surface area contributed by atoms with Gasteiger partial charge in [-0.15, -0.1) is 0 Å². The van der Waals surface area contributed by atoms with E-state index in [0.717, 1.165) is 0 Å². The minimum absolute atomic E-state index is 0.143. The van der Waals surface area contributed by atoms with Crippen LogP contribution in [0, 0.1) is 0 Å². The van der Waals surface area contributed by atoms with Crippen LogP contribution in [0.25, 0.3) is 0 Å². The van der Waals surface area contributed by atoms with E-state index in [1.165, 1.54) is 18.2 Å². The zero-order chi connectivity index (χ0) is 15.4. The molecule has 0 saturated carbocycles. The number of rotatable bonds is 3. The summed E-state index contributed by atoms with van der Waals surface area (Å²) in [5.41, 5.74) is 0.814. The smallest absolute Gasteiger partial charge is 0.423 e. The molecule has 0 saturated heterocycles. The number of hydrogen-bond donors (Lipinski definition) is 4. The lowest BCUT2D eigenvalue weighted by molar-refractivity contribution is 0.262. The molecule has 2 rings (SSSR count). The Morgan fingerprint density at radius 1 is 1.10 bits per heavy atom. The summed E-state index contributed by atoms with van der Waals surface area (Å²) in [4.78, 5) is 15.6. The normalized spacial score (nSPS) is 10.1. The molecule has 0 aliphatic rings. The van der Waals surface area contributed by atoms with Crippen LogP contribution in [0.15, 0.2) is 36.4 Å². The molecule has 0 unspecified atom stereocenters. The molecule has 0 bridgehead atoms. The van der Waals surface area contributed by atoms with E-state index in [0.29, 0.717) is 5.69 Å². The molecule has 0 radical (unpaired) electrons. The van der Waals surface area contributed by atoms with Crippen molar-refractivity contribution in [1.82, 2.24) is 4.98 Å². The van der Waals surface area contributed by atoms with Crippen LogP contribution in [0.2, 0.25) is 10.3 Å². The molecule has 0 atom stereocenters. The lowest BCUT2D eigenvalue weighted by Gasteiger charge is -2.11. The Labute approximate surface area is 130 Å². The fourth-order valence-electron chi connectivity index (χ4n) is 1.66. The van der Waals surface area contributed by atoms with Crippen molar-refractivity contribution in [1.29, 1.82) is 0 Å². The maximum Gasteiger partial charge on any atom is 0.490 e. The molecule has 1 aromatic carbocycles. The molecule has 2 aromatic rings. The van der Waals surface area contributed by atoms with Crippen LogP contribution >= 0.6 is 23.2 Å². The van der Waals surface area contributed by atoms with Crippen LogP contribution in [0.4, 0.5) is 16.2 Å². The Morgan fingerprint density at radius 2 is 1.71 bits per heavy atom. The first-order chi connectivity index (χ1) is 9.95. The number of halogens is 2. The summed E-state index contributed by atoms with van der Waals surface area (Å²) < 4.78 is 0. The van der Waals surface area contributed by atoms with Crippen molar-refractivity contribution in [2.45, 2.75) is 0 Å². The molecule has 1 aromatic heterocycles. The van der Waals surface area contributed by atoms with Crippen molar-refractivity contribution in [2.75, 3.05) is 10.6 Å². The van der Waals surface area contributed by atoms with Gasteiger partial charge in [0.25, 0.3) is 0 Å². The second kappa shape index (κ2) is 6.77. The fourth-order valence-corrected chi connectivity index (χ4v) is 2.12. The van der Waals surface area contributed by atoms with Gasteiger partial charge in [-0.2, -0.15) is 0 Å². The fraction of sp³-hybridized carbons (Fsp3) is 0. The number of pyridine rings is 1. The van der Waals surface area contributed by atoms with Crippen molar-refractivity contribution in [3.05, 3.63) is 46.7 Å². The third kappa shape index (κ3) is 4.34. The molecule has 0 aliphatic carbocycles. The molecule has 6 nitrogen and oxygen atoms in total. The highest BCUT2D eigenvalue weighted by Gasteiger charge is 2.16. The number of carbonyl (C=O) groups is 1. The minimum Gasteiger partial charge on any atom is -0.423 e. The predicted molar refractivity (Wildman–Crippen MR) is 83.2 cm³/mol. The Balaban J connectivity index is 2.12. The quantitative estimate of drug-likeness (QED) is 0.510. The van der Waals surface area contributed by atoms with Crippen molar-refractivity contribution in [2.24, 2.45) is 0 Å². The largest absolute Gasteiger partial charge is 0.490 e. The van der Waals surface area contributed by atoms with Gasteiger partial charge < -0.3 is 20.7 Å². The van der Waals surface area contributed by atoms with E-state index >= 15 is 0 Å². The number of aromatic nitrogens is 1. The van der Waals surface area contributed by atoms with Crippen molar-refractivity contribution in [3.8, 4) is 0 Å². The van der Waals surface area contributed by atoms with E-state index in [2.05, 4.69) is 15.6 Å². The van der Waals surface area contributed by atoms with Gasteiger partial charge in [0.15, 0.2) is 0 Å². The highest BCUT2D eigenvalue weighted by Crippen LogP contribution is 2.18. The van der Waals surface area contributed by atoms with Crippen LogP contribution in [-0.2, 0) is 0 Å². The zero-order valence-corrected chi connectivity index (χ0v) is 12.1. The number of urea groups is 1. The van der Waals surface area contributed by atoms with Crippen LogP contribution < -0.4 is 16.1 Å².